The highest BCUT2D eigenvalue weighted by Gasteiger charge is 2.31. The molecule has 0 unspecified atom stereocenters. The number of hydrogen-bond donors (Lipinski definition) is 0. The molecule has 1 aliphatic carbocycles. The molecule has 0 bridgehead atoms. The first-order chi connectivity index (χ1) is 16.8. The number of halogens is 4. The first-order valence-electron chi connectivity index (χ1n) is 12.3. The lowest BCUT2D eigenvalue weighted by Gasteiger charge is -2.38. The van der Waals surface area contributed by atoms with E-state index in [2.05, 4.69) is 4.90 Å². The smallest absolute Gasteiger partial charge is 0.368 e. The molecule has 2 fully saturated rings. The Morgan fingerprint density at radius 3 is 2.17 bits per heavy atom. The summed E-state index contributed by atoms with van der Waals surface area (Å²) in [4.78, 5) is 17.2. The summed E-state index contributed by atoms with van der Waals surface area (Å²) in [6.45, 7) is 3.79. The predicted octanol–water partition coefficient (Wildman–Crippen LogP) is 6.34. The van der Waals surface area contributed by atoms with E-state index in [9.17, 15) is 18.0 Å². The van der Waals surface area contributed by atoms with Gasteiger partial charge in [-0.15, -0.1) is 0 Å². The van der Waals surface area contributed by atoms with Crippen molar-refractivity contribution in [2.45, 2.75) is 51.0 Å². The first-order valence-corrected chi connectivity index (χ1v) is 12.7. The Morgan fingerprint density at radius 2 is 1.57 bits per heavy atom. The molecular weight excluding hydrogens is 477 g/mol. The van der Waals surface area contributed by atoms with Gasteiger partial charge in [0.1, 0.15) is 0 Å². The van der Waals surface area contributed by atoms with E-state index in [-0.39, 0.29) is 18.6 Å². The number of nitrogens with zero attached hydrogens (tertiary/aromatic N) is 2. The fraction of sp³-hybridized carbons (Fsp3) is 0.519. The second-order valence-corrected chi connectivity index (χ2v) is 9.94. The van der Waals surface area contributed by atoms with Crippen LogP contribution in [0.2, 0.25) is 5.02 Å². The second kappa shape index (κ2) is 11.8. The predicted molar refractivity (Wildman–Crippen MR) is 130 cm³/mol. The van der Waals surface area contributed by atoms with Crippen LogP contribution in [-0.4, -0.2) is 48.4 Å². The van der Waals surface area contributed by atoms with Crippen molar-refractivity contribution in [3.8, 4) is 0 Å². The zero-order valence-corrected chi connectivity index (χ0v) is 20.5. The molecule has 190 valence electrons. The molecule has 1 amide bonds. The van der Waals surface area contributed by atoms with E-state index in [1.165, 1.54) is 18.6 Å². The quantitative estimate of drug-likeness (QED) is 0.437. The number of benzene rings is 2. The molecule has 1 aliphatic heterocycles. The summed E-state index contributed by atoms with van der Waals surface area (Å²) >= 11 is 6.06. The number of rotatable bonds is 7. The monoisotopic (exact) mass is 508 g/mol. The highest BCUT2D eigenvalue weighted by Crippen LogP contribution is 2.30. The van der Waals surface area contributed by atoms with Gasteiger partial charge in [-0.1, -0.05) is 55.1 Å². The van der Waals surface area contributed by atoms with Crippen LogP contribution in [-0.2, 0) is 22.3 Å². The van der Waals surface area contributed by atoms with E-state index < -0.39 is 11.7 Å². The SMILES string of the molecule is O=C(C1CCCCC1)N1CCN(C[C@H](OCc2ccc(C(F)(F)F)cc2)c2ccc(Cl)cc2)CC1. The largest absolute Gasteiger partial charge is 0.416 e. The summed E-state index contributed by atoms with van der Waals surface area (Å²) in [6.07, 6.45) is 0.924. The molecule has 1 saturated carbocycles. The van der Waals surface area contributed by atoms with Gasteiger partial charge in [0.25, 0.3) is 0 Å². The summed E-state index contributed by atoms with van der Waals surface area (Å²) in [5, 5.41) is 0.630. The van der Waals surface area contributed by atoms with Crippen LogP contribution in [0.5, 0.6) is 0 Å². The van der Waals surface area contributed by atoms with Crippen LogP contribution < -0.4 is 0 Å². The van der Waals surface area contributed by atoms with Crippen LogP contribution in [0.25, 0.3) is 0 Å². The van der Waals surface area contributed by atoms with Gasteiger partial charge in [0.05, 0.1) is 18.3 Å². The van der Waals surface area contributed by atoms with E-state index in [4.69, 9.17) is 16.3 Å². The van der Waals surface area contributed by atoms with Gasteiger partial charge in [-0.3, -0.25) is 9.69 Å². The van der Waals surface area contributed by atoms with Crippen molar-refractivity contribution in [1.82, 2.24) is 9.80 Å². The molecule has 2 aromatic carbocycles. The maximum atomic E-state index is 12.9. The Labute approximate surface area is 210 Å². The van der Waals surface area contributed by atoms with E-state index in [0.717, 1.165) is 56.5 Å². The molecule has 35 heavy (non-hydrogen) atoms. The molecule has 4 nitrogen and oxygen atoms in total. The Hall–Kier alpha value is -2.09. The highest BCUT2D eigenvalue weighted by atomic mass is 35.5. The van der Waals surface area contributed by atoms with Crippen molar-refractivity contribution in [2.24, 2.45) is 5.92 Å². The summed E-state index contributed by atoms with van der Waals surface area (Å²) in [7, 11) is 0. The molecule has 1 saturated heterocycles. The average Bonchev–Trinajstić information content (AvgIpc) is 2.87. The number of piperazine rings is 1. The fourth-order valence-corrected chi connectivity index (χ4v) is 5.04. The van der Waals surface area contributed by atoms with Gasteiger partial charge in [0, 0.05) is 43.7 Å². The standard InChI is InChI=1S/C27H32ClF3N2O2/c28-24-12-8-21(9-13-24)25(35-19-20-6-10-23(11-7-20)27(29,30)31)18-32-14-16-33(17-15-32)26(34)22-4-2-1-3-5-22/h6-13,22,25H,1-5,14-19H2/t25-/m0/s1. The molecule has 8 heteroatoms. The van der Waals surface area contributed by atoms with E-state index in [1.807, 2.05) is 29.2 Å². The van der Waals surface area contributed by atoms with Crippen molar-refractivity contribution >= 4 is 17.5 Å². The summed E-state index contributed by atoms with van der Waals surface area (Å²) < 4.78 is 44.8. The van der Waals surface area contributed by atoms with E-state index in [1.54, 1.807) is 0 Å². The highest BCUT2D eigenvalue weighted by molar-refractivity contribution is 6.30. The molecule has 2 aliphatic rings. The zero-order valence-electron chi connectivity index (χ0n) is 19.8. The maximum absolute atomic E-state index is 12.9. The fourth-order valence-electron chi connectivity index (χ4n) is 4.91. The Morgan fingerprint density at radius 1 is 0.943 bits per heavy atom. The zero-order chi connectivity index (χ0) is 24.8. The van der Waals surface area contributed by atoms with Crippen LogP contribution in [0, 0.1) is 5.92 Å². The molecule has 0 aromatic heterocycles. The Kier molecular flexibility index (Phi) is 8.73. The topological polar surface area (TPSA) is 32.8 Å². The van der Waals surface area contributed by atoms with Crippen molar-refractivity contribution < 1.29 is 22.7 Å². The van der Waals surface area contributed by atoms with Crippen LogP contribution >= 0.6 is 11.6 Å². The van der Waals surface area contributed by atoms with Crippen molar-refractivity contribution in [3.63, 3.8) is 0 Å². The van der Waals surface area contributed by atoms with Gasteiger partial charge >= 0.3 is 6.18 Å². The third kappa shape index (κ3) is 7.21. The van der Waals surface area contributed by atoms with E-state index >= 15 is 0 Å². The molecule has 1 heterocycles. The summed E-state index contributed by atoms with van der Waals surface area (Å²) in [5.74, 6) is 0.487. The minimum atomic E-state index is -4.36. The molecule has 0 radical (unpaired) electrons. The Bertz CT molecular complexity index is 952. The van der Waals surface area contributed by atoms with Gasteiger partial charge in [-0.05, 0) is 48.2 Å². The number of amides is 1. The van der Waals surface area contributed by atoms with Gasteiger partial charge < -0.3 is 9.64 Å². The summed E-state index contributed by atoms with van der Waals surface area (Å²) in [6, 6.07) is 12.5. The number of hydrogen-bond acceptors (Lipinski definition) is 3. The third-order valence-corrected chi connectivity index (χ3v) is 7.29. The second-order valence-electron chi connectivity index (χ2n) is 9.51. The normalized spacial score (nSPS) is 19.0. The maximum Gasteiger partial charge on any atom is 0.416 e. The number of carbonyl (C=O) groups excluding carboxylic acids is 1. The summed E-state index contributed by atoms with van der Waals surface area (Å²) in [5.41, 5.74) is 0.970. The lowest BCUT2D eigenvalue weighted by Crippen LogP contribution is -2.51. The van der Waals surface area contributed by atoms with Crippen molar-refractivity contribution in [2.75, 3.05) is 32.7 Å². The molecule has 2 aromatic rings. The number of alkyl halides is 3. The number of ether oxygens (including phenoxy) is 1. The lowest BCUT2D eigenvalue weighted by atomic mass is 9.88. The molecule has 1 atom stereocenters. The van der Waals surface area contributed by atoms with Crippen molar-refractivity contribution in [1.29, 1.82) is 0 Å². The number of carbonyl (C=O) groups is 1. The molecule has 0 spiro atoms. The lowest BCUT2D eigenvalue weighted by molar-refractivity contribution is -0.139. The third-order valence-electron chi connectivity index (χ3n) is 7.04. The minimum absolute atomic E-state index is 0.184. The molecule has 0 N–H and O–H groups in total. The van der Waals surface area contributed by atoms with Crippen LogP contribution in [0.15, 0.2) is 48.5 Å². The van der Waals surface area contributed by atoms with Gasteiger partial charge in [0.2, 0.25) is 5.91 Å². The first kappa shape index (κ1) is 26.0. The average molecular weight is 509 g/mol. The van der Waals surface area contributed by atoms with Gasteiger partial charge in [-0.25, -0.2) is 0 Å². The minimum Gasteiger partial charge on any atom is -0.368 e. The molecular formula is C27H32ClF3N2O2. The van der Waals surface area contributed by atoms with Crippen LogP contribution in [0.4, 0.5) is 13.2 Å². The van der Waals surface area contributed by atoms with Gasteiger partial charge in [-0.2, -0.15) is 13.2 Å². The van der Waals surface area contributed by atoms with Crippen LogP contribution in [0.1, 0.15) is 54.9 Å². The molecule has 4 rings (SSSR count). The van der Waals surface area contributed by atoms with Crippen LogP contribution in [0.3, 0.4) is 0 Å². The van der Waals surface area contributed by atoms with Gasteiger partial charge in [0.15, 0.2) is 0 Å². The Balaban J connectivity index is 1.35. The van der Waals surface area contributed by atoms with E-state index in [0.29, 0.717) is 36.1 Å². The van der Waals surface area contributed by atoms with Crippen molar-refractivity contribution in [3.05, 3.63) is 70.2 Å².